The molecule has 1 aromatic heterocycles. The number of nitrogen functional groups attached to an aromatic ring is 1. The number of halogens is 2. The van der Waals surface area contributed by atoms with Gasteiger partial charge < -0.3 is 10.5 Å². The van der Waals surface area contributed by atoms with Crippen molar-refractivity contribution in [1.82, 2.24) is 4.98 Å². The molecule has 4 nitrogen and oxygen atoms in total. The van der Waals surface area contributed by atoms with Crippen molar-refractivity contribution in [3.05, 3.63) is 17.3 Å². The molecule has 0 fully saturated rings. The Morgan fingerprint density at radius 2 is 2.29 bits per heavy atom. The minimum absolute atomic E-state index is 0.00972. The zero-order chi connectivity index (χ0) is 10.7. The molecular weight excluding hydrogens is 194 g/mol. The molecule has 0 aliphatic heterocycles. The van der Waals surface area contributed by atoms with Gasteiger partial charge in [0.15, 0.2) is 6.29 Å². The average Bonchev–Trinajstić information content (AvgIpc) is 2.16. The summed E-state index contributed by atoms with van der Waals surface area (Å²) in [5.74, 6) is -0.368. The third-order valence-electron chi connectivity index (χ3n) is 1.64. The standard InChI is InChI=1S/C8H8F2N2O2/c1-14-6-2-4(7(9)10)8(11)12-5(6)3-13/h2-3,7H,1H3,(H2,11,12). The van der Waals surface area contributed by atoms with Crippen molar-refractivity contribution in [3.8, 4) is 5.75 Å². The van der Waals surface area contributed by atoms with Crippen LogP contribution in [0.25, 0.3) is 0 Å². The number of nitrogens with zero attached hydrogens (tertiary/aromatic N) is 1. The molecule has 1 aromatic rings. The Morgan fingerprint density at radius 1 is 1.64 bits per heavy atom. The number of alkyl halides is 2. The highest BCUT2D eigenvalue weighted by Gasteiger charge is 2.16. The molecule has 6 heteroatoms. The lowest BCUT2D eigenvalue weighted by atomic mass is 10.2. The van der Waals surface area contributed by atoms with Gasteiger partial charge in [0, 0.05) is 0 Å². The van der Waals surface area contributed by atoms with Crippen LogP contribution in [-0.4, -0.2) is 18.4 Å². The van der Waals surface area contributed by atoms with Crippen molar-refractivity contribution < 1.29 is 18.3 Å². The van der Waals surface area contributed by atoms with E-state index in [0.717, 1.165) is 6.07 Å². The normalized spacial score (nSPS) is 10.3. The third-order valence-corrected chi connectivity index (χ3v) is 1.64. The molecule has 0 saturated heterocycles. The summed E-state index contributed by atoms with van der Waals surface area (Å²) in [5, 5.41) is 0. The Hall–Kier alpha value is -1.72. The molecule has 0 radical (unpaired) electrons. The summed E-state index contributed by atoms with van der Waals surface area (Å²) >= 11 is 0. The van der Waals surface area contributed by atoms with Crippen LogP contribution in [0.5, 0.6) is 5.75 Å². The van der Waals surface area contributed by atoms with Gasteiger partial charge in [-0.25, -0.2) is 13.8 Å². The lowest BCUT2D eigenvalue weighted by Gasteiger charge is -2.08. The summed E-state index contributed by atoms with van der Waals surface area (Å²) < 4.78 is 29.3. The predicted octanol–water partition coefficient (Wildman–Crippen LogP) is 1.42. The van der Waals surface area contributed by atoms with Crippen molar-refractivity contribution in [2.75, 3.05) is 12.8 Å². The molecule has 0 aliphatic rings. The molecule has 0 unspecified atom stereocenters. The number of pyridine rings is 1. The first-order valence-corrected chi connectivity index (χ1v) is 3.68. The van der Waals surface area contributed by atoms with E-state index in [1.807, 2.05) is 0 Å². The quantitative estimate of drug-likeness (QED) is 0.753. The number of hydrogen-bond acceptors (Lipinski definition) is 4. The summed E-state index contributed by atoms with van der Waals surface area (Å²) in [6.07, 6.45) is -2.35. The summed E-state index contributed by atoms with van der Waals surface area (Å²) in [4.78, 5) is 13.9. The second-order valence-electron chi connectivity index (χ2n) is 2.47. The number of nitrogens with two attached hydrogens (primary N) is 1. The van der Waals surface area contributed by atoms with Crippen molar-refractivity contribution in [3.63, 3.8) is 0 Å². The first kappa shape index (κ1) is 10.4. The second-order valence-corrected chi connectivity index (χ2v) is 2.47. The smallest absolute Gasteiger partial charge is 0.267 e. The van der Waals surface area contributed by atoms with E-state index >= 15 is 0 Å². The molecule has 0 saturated carbocycles. The van der Waals surface area contributed by atoms with E-state index in [4.69, 9.17) is 10.5 Å². The van der Waals surface area contributed by atoms with Gasteiger partial charge in [0.2, 0.25) is 0 Å². The maximum absolute atomic E-state index is 12.3. The zero-order valence-corrected chi connectivity index (χ0v) is 7.33. The van der Waals surface area contributed by atoms with Crippen LogP contribution in [0, 0.1) is 0 Å². The van der Waals surface area contributed by atoms with E-state index in [0.29, 0.717) is 6.29 Å². The number of aldehydes is 1. The molecule has 76 valence electrons. The van der Waals surface area contributed by atoms with Crippen LogP contribution in [0.3, 0.4) is 0 Å². The van der Waals surface area contributed by atoms with Gasteiger partial charge in [-0.1, -0.05) is 0 Å². The van der Waals surface area contributed by atoms with Crippen molar-refractivity contribution in [2.45, 2.75) is 6.43 Å². The average molecular weight is 202 g/mol. The number of carbonyl (C=O) groups is 1. The molecule has 0 atom stereocenters. The Morgan fingerprint density at radius 3 is 2.71 bits per heavy atom. The van der Waals surface area contributed by atoms with Crippen LogP contribution in [-0.2, 0) is 0 Å². The Kier molecular flexibility index (Phi) is 2.95. The molecule has 0 bridgehead atoms. The molecule has 0 aromatic carbocycles. The molecule has 0 amide bonds. The Labute approximate surface area is 78.7 Å². The summed E-state index contributed by atoms with van der Waals surface area (Å²) in [6, 6.07) is 1.01. The van der Waals surface area contributed by atoms with Gasteiger partial charge in [-0.15, -0.1) is 0 Å². The molecular formula is C8H8F2N2O2. The minimum Gasteiger partial charge on any atom is -0.494 e. The van der Waals surface area contributed by atoms with Crippen LogP contribution in [0.2, 0.25) is 0 Å². The third kappa shape index (κ3) is 1.78. The van der Waals surface area contributed by atoms with Gasteiger partial charge in [-0.2, -0.15) is 0 Å². The number of rotatable bonds is 3. The van der Waals surface area contributed by atoms with E-state index in [9.17, 15) is 13.6 Å². The molecule has 1 rings (SSSR count). The highest BCUT2D eigenvalue weighted by molar-refractivity contribution is 5.77. The largest absolute Gasteiger partial charge is 0.494 e. The van der Waals surface area contributed by atoms with Gasteiger partial charge in [-0.05, 0) is 6.07 Å². The Balaban J connectivity index is 3.30. The summed E-state index contributed by atoms with van der Waals surface area (Å²) in [7, 11) is 1.26. The van der Waals surface area contributed by atoms with Gasteiger partial charge in [-0.3, -0.25) is 4.79 Å². The number of aromatic nitrogens is 1. The van der Waals surface area contributed by atoms with Crippen molar-refractivity contribution in [2.24, 2.45) is 0 Å². The predicted molar refractivity (Wildman–Crippen MR) is 45.5 cm³/mol. The fourth-order valence-electron chi connectivity index (χ4n) is 0.961. The van der Waals surface area contributed by atoms with Crippen LogP contribution in [0.1, 0.15) is 22.5 Å². The number of methoxy groups -OCH3 is 1. The SMILES string of the molecule is COc1cc(C(F)F)c(N)nc1C=O. The fraction of sp³-hybridized carbons (Fsp3) is 0.250. The maximum Gasteiger partial charge on any atom is 0.267 e. The van der Waals surface area contributed by atoms with Crippen LogP contribution in [0.15, 0.2) is 6.07 Å². The number of ether oxygens (including phenoxy) is 1. The van der Waals surface area contributed by atoms with E-state index in [2.05, 4.69) is 4.98 Å². The van der Waals surface area contributed by atoms with Gasteiger partial charge in [0.25, 0.3) is 6.43 Å². The van der Waals surface area contributed by atoms with E-state index in [-0.39, 0.29) is 17.3 Å². The highest BCUT2D eigenvalue weighted by atomic mass is 19.3. The molecule has 0 spiro atoms. The van der Waals surface area contributed by atoms with E-state index < -0.39 is 12.0 Å². The van der Waals surface area contributed by atoms with Crippen molar-refractivity contribution >= 4 is 12.1 Å². The van der Waals surface area contributed by atoms with Gasteiger partial charge in [0.05, 0.1) is 12.7 Å². The first-order chi connectivity index (χ1) is 6.60. The van der Waals surface area contributed by atoms with Gasteiger partial charge >= 0.3 is 0 Å². The highest BCUT2D eigenvalue weighted by Crippen LogP contribution is 2.28. The summed E-state index contributed by atoms with van der Waals surface area (Å²) in [5.41, 5.74) is 4.69. The van der Waals surface area contributed by atoms with Crippen LogP contribution >= 0.6 is 0 Å². The Bertz CT molecular complexity index is 355. The monoisotopic (exact) mass is 202 g/mol. The van der Waals surface area contributed by atoms with Gasteiger partial charge in [0.1, 0.15) is 17.3 Å². The fourth-order valence-corrected chi connectivity index (χ4v) is 0.961. The number of hydrogen-bond donors (Lipinski definition) is 1. The van der Waals surface area contributed by atoms with Crippen LogP contribution < -0.4 is 10.5 Å². The zero-order valence-electron chi connectivity index (χ0n) is 7.33. The van der Waals surface area contributed by atoms with Crippen LogP contribution in [0.4, 0.5) is 14.6 Å². The maximum atomic E-state index is 12.3. The lowest BCUT2D eigenvalue weighted by molar-refractivity contribution is 0.111. The molecule has 2 N–H and O–H groups in total. The molecule has 0 aliphatic carbocycles. The van der Waals surface area contributed by atoms with E-state index in [1.54, 1.807) is 0 Å². The molecule has 1 heterocycles. The minimum atomic E-state index is -2.74. The lowest BCUT2D eigenvalue weighted by Crippen LogP contribution is -2.03. The number of anilines is 1. The number of carbonyl (C=O) groups excluding carboxylic acids is 1. The van der Waals surface area contributed by atoms with E-state index in [1.165, 1.54) is 7.11 Å². The second kappa shape index (κ2) is 3.99. The molecule has 14 heavy (non-hydrogen) atoms. The van der Waals surface area contributed by atoms with Crippen molar-refractivity contribution in [1.29, 1.82) is 0 Å². The first-order valence-electron chi connectivity index (χ1n) is 3.68. The summed E-state index contributed by atoms with van der Waals surface area (Å²) in [6.45, 7) is 0. The topological polar surface area (TPSA) is 65.2 Å².